The van der Waals surface area contributed by atoms with E-state index in [0.717, 1.165) is 19.1 Å². The predicted molar refractivity (Wildman–Crippen MR) is 86.7 cm³/mol. The Kier molecular flexibility index (Phi) is 6.93. The molecule has 1 saturated heterocycles. The first kappa shape index (κ1) is 17.2. The van der Waals surface area contributed by atoms with Crippen LogP contribution in [-0.2, 0) is 9.47 Å². The van der Waals surface area contributed by atoms with Crippen molar-refractivity contribution in [3.05, 3.63) is 0 Å². The Labute approximate surface area is 130 Å². The zero-order chi connectivity index (χ0) is 15.1. The summed E-state index contributed by atoms with van der Waals surface area (Å²) >= 11 is 0. The highest BCUT2D eigenvalue weighted by Gasteiger charge is 2.43. The molecule has 0 bridgehead atoms. The molecule has 0 radical (unpaired) electrons. The second kappa shape index (κ2) is 8.47. The summed E-state index contributed by atoms with van der Waals surface area (Å²) < 4.78 is 10.8. The summed E-state index contributed by atoms with van der Waals surface area (Å²) in [5.74, 6) is 0.751. The van der Waals surface area contributed by atoms with Crippen LogP contribution in [0.2, 0.25) is 0 Å². The summed E-state index contributed by atoms with van der Waals surface area (Å²) in [6, 6.07) is 0.639. The second-order valence-electron chi connectivity index (χ2n) is 6.86. The minimum Gasteiger partial charge on any atom is -0.382 e. The minimum absolute atomic E-state index is 0.411. The van der Waals surface area contributed by atoms with E-state index in [1.54, 1.807) is 7.11 Å². The summed E-state index contributed by atoms with van der Waals surface area (Å²) in [5.41, 5.74) is 0.411. The van der Waals surface area contributed by atoms with E-state index in [-0.39, 0.29) is 0 Å². The van der Waals surface area contributed by atoms with Gasteiger partial charge in [-0.15, -0.1) is 0 Å². The quantitative estimate of drug-likeness (QED) is 0.697. The second-order valence-corrected chi connectivity index (χ2v) is 6.86. The van der Waals surface area contributed by atoms with E-state index >= 15 is 0 Å². The van der Waals surface area contributed by atoms with Gasteiger partial charge in [0, 0.05) is 38.3 Å². The van der Waals surface area contributed by atoms with Gasteiger partial charge in [-0.1, -0.05) is 33.1 Å². The molecule has 0 aromatic carbocycles. The van der Waals surface area contributed by atoms with Crippen LogP contribution in [0.5, 0.6) is 0 Å². The van der Waals surface area contributed by atoms with Crippen molar-refractivity contribution < 1.29 is 9.47 Å². The number of methoxy groups -OCH3 is 1. The Morgan fingerprint density at radius 2 is 2.00 bits per heavy atom. The molecule has 1 heterocycles. The minimum atomic E-state index is 0.411. The fraction of sp³-hybridized carbons (Fsp3) is 1.00. The first-order valence-electron chi connectivity index (χ1n) is 8.77. The Morgan fingerprint density at radius 3 is 2.67 bits per heavy atom. The number of nitrogens with zero attached hydrogens (tertiary/aromatic N) is 1. The van der Waals surface area contributed by atoms with E-state index < -0.39 is 0 Å². The van der Waals surface area contributed by atoms with Gasteiger partial charge in [0.2, 0.25) is 0 Å². The lowest BCUT2D eigenvalue weighted by atomic mass is 9.87. The summed E-state index contributed by atoms with van der Waals surface area (Å²) in [7, 11) is 1.73. The molecule has 2 atom stereocenters. The maximum absolute atomic E-state index is 5.71. The number of hydrogen-bond donors (Lipinski definition) is 1. The van der Waals surface area contributed by atoms with Crippen molar-refractivity contribution in [1.82, 2.24) is 10.2 Å². The zero-order valence-corrected chi connectivity index (χ0v) is 14.2. The zero-order valence-electron chi connectivity index (χ0n) is 14.2. The monoisotopic (exact) mass is 298 g/mol. The lowest BCUT2D eigenvalue weighted by Gasteiger charge is -2.49. The third-order valence-electron chi connectivity index (χ3n) is 5.58. The molecule has 1 spiro atoms. The van der Waals surface area contributed by atoms with Crippen LogP contribution < -0.4 is 5.32 Å². The average Bonchev–Trinajstić information content (AvgIpc) is 2.97. The third kappa shape index (κ3) is 4.41. The van der Waals surface area contributed by atoms with Gasteiger partial charge in [0.15, 0.2) is 0 Å². The molecule has 2 rings (SSSR count). The number of ether oxygens (including phenoxy) is 2. The SMILES string of the molecule is CCC(C)C1CN(CCOCCOC)C2(CCCC2)CN1. The first-order valence-corrected chi connectivity index (χ1v) is 8.77. The van der Waals surface area contributed by atoms with Crippen LogP contribution in [0, 0.1) is 5.92 Å². The fourth-order valence-corrected chi connectivity index (χ4v) is 3.87. The van der Waals surface area contributed by atoms with Crippen LogP contribution >= 0.6 is 0 Å². The topological polar surface area (TPSA) is 33.7 Å². The number of piperazine rings is 1. The van der Waals surface area contributed by atoms with Crippen LogP contribution in [0.4, 0.5) is 0 Å². The highest BCUT2D eigenvalue weighted by Crippen LogP contribution is 2.37. The largest absolute Gasteiger partial charge is 0.382 e. The molecule has 0 aromatic rings. The molecule has 1 saturated carbocycles. The number of nitrogens with one attached hydrogen (secondary N) is 1. The highest BCUT2D eigenvalue weighted by molar-refractivity contribution is 5.02. The standard InChI is InChI=1S/C17H34N2O2/c1-4-15(2)16-13-19(9-10-21-12-11-20-3)17(14-18-16)7-5-6-8-17/h15-16,18H,4-14H2,1-3H3. The van der Waals surface area contributed by atoms with E-state index in [1.165, 1.54) is 45.2 Å². The van der Waals surface area contributed by atoms with Gasteiger partial charge in [-0.25, -0.2) is 0 Å². The molecule has 2 aliphatic rings. The summed E-state index contributed by atoms with van der Waals surface area (Å²) in [6.07, 6.45) is 6.73. The third-order valence-corrected chi connectivity index (χ3v) is 5.58. The van der Waals surface area contributed by atoms with Crippen LogP contribution in [0.1, 0.15) is 46.0 Å². The summed E-state index contributed by atoms with van der Waals surface area (Å²) in [4.78, 5) is 2.74. The smallest absolute Gasteiger partial charge is 0.0700 e. The van der Waals surface area contributed by atoms with Crippen molar-refractivity contribution in [2.75, 3.05) is 46.6 Å². The van der Waals surface area contributed by atoms with Gasteiger partial charge < -0.3 is 14.8 Å². The van der Waals surface area contributed by atoms with Gasteiger partial charge in [-0.05, 0) is 18.8 Å². The van der Waals surface area contributed by atoms with Gasteiger partial charge in [-0.2, -0.15) is 0 Å². The van der Waals surface area contributed by atoms with Crippen LogP contribution in [0.15, 0.2) is 0 Å². The van der Waals surface area contributed by atoms with Gasteiger partial charge in [0.25, 0.3) is 0 Å². The Balaban J connectivity index is 1.87. The first-order chi connectivity index (χ1) is 10.2. The van der Waals surface area contributed by atoms with Crippen LogP contribution in [0.25, 0.3) is 0 Å². The number of hydrogen-bond acceptors (Lipinski definition) is 4. The van der Waals surface area contributed by atoms with Gasteiger partial charge in [0.05, 0.1) is 19.8 Å². The van der Waals surface area contributed by atoms with E-state index in [2.05, 4.69) is 24.1 Å². The van der Waals surface area contributed by atoms with Crippen molar-refractivity contribution in [3.8, 4) is 0 Å². The molecule has 1 aliphatic carbocycles. The lowest BCUT2D eigenvalue weighted by Crippen LogP contribution is -2.65. The molecular weight excluding hydrogens is 264 g/mol. The average molecular weight is 298 g/mol. The molecule has 1 N–H and O–H groups in total. The van der Waals surface area contributed by atoms with Crippen molar-refractivity contribution in [1.29, 1.82) is 0 Å². The van der Waals surface area contributed by atoms with Crippen molar-refractivity contribution in [2.24, 2.45) is 5.92 Å². The van der Waals surface area contributed by atoms with Gasteiger partial charge in [-0.3, -0.25) is 4.90 Å². The van der Waals surface area contributed by atoms with E-state index in [9.17, 15) is 0 Å². The lowest BCUT2D eigenvalue weighted by molar-refractivity contribution is -0.00315. The van der Waals surface area contributed by atoms with E-state index in [4.69, 9.17) is 9.47 Å². The summed E-state index contributed by atoms with van der Waals surface area (Å²) in [5, 5.41) is 3.84. The van der Waals surface area contributed by atoms with E-state index in [1.807, 2.05) is 0 Å². The fourth-order valence-electron chi connectivity index (χ4n) is 3.87. The van der Waals surface area contributed by atoms with E-state index in [0.29, 0.717) is 24.8 Å². The van der Waals surface area contributed by atoms with Gasteiger partial charge >= 0.3 is 0 Å². The molecule has 0 aromatic heterocycles. The number of rotatable bonds is 8. The normalized spacial score (nSPS) is 27.3. The molecule has 21 heavy (non-hydrogen) atoms. The van der Waals surface area contributed by atoms with Gasteiger partial charge in [0.1, 0.15) is 0 Å². The van der Waals surface area contributed by atoms with Crippen LogP contribution in [0.3, 0.4) is 0 Å². The molecule has 0 amide bonds. The molecule has 124 valence electrons. The molecule has 4 nitrogen and oxygen atoms in total. The maximum atomic E-state index is 5.71. The van der Waals surface area contributed by atoms with Crippen molar-refractivity contribution in [3.63, 3.8) is 0 Å². The molecule has 2 fully saturated rings. The molecular formula is C17H34N2O2. The Morgan fingerprint density at radius 1 is 1.24 bits per heavy atom. The molecule has 4 heteroatoms. The maximum Gasteiger partial charge on any atom is 0.0700 e. The van der Waals surface area contributed by atoms with Crippen molar-refractivity contribution >= 4 is 0 Å². The van der Waals surface area contributed by atoms with Crippen molar-refractivity contribution in [2.45, 2.75) is 57.5 Å². The molecule has 2 unspecified atom stereocenters. The Hall–Kier alpha value is -0.160. The molecule has 1 aliphatic heterocycles. The Bertz CT molecular complexity index is 293. The highest BCUT2D eigenvalue weighted by atomic mass is 16.5. The predicted octanol–water partition coefficient (Wildman–Crippen LogP) is 2.28. The van der Waals surface area contributed by atoms with Crippen LogP contribution in [-0.4, -0.2) is 63.0 Å². The summed E-state index contributed by atoms with van der Waals surface area (Å²) in [6.45, 7) is 10.3.